The number of unbranched alkanes of at least 4 members (excludes halogenated alkanes) is 2. The molecule has 0 fully saturated rings. The average molecular weight is 278 g/mol. The average Bonchev–Trinajstić information content (AvgIpc) is 2.37. The number of ether oxygens (including phenoxy) is 1. The van der Waals surface area contributed by atoms with E-state index in [1.165, 1.54) is 6.07 Å². The Kier molecular flexibility index (Phi) is 6.47. The molecule has 1 aromatic rings. The Balaban J connectivity index is 2.45. The van der Waals surface area contributed by atoms with Crippen molar-refractivity contribution in [1.82, 2.24) is 5.32 Å². The number of rotatable bonds is 7. The van der Waals surface area contributed by atoms with Crippen LogP contribution in [0.5, 0.6) is 5.75 Å². The molecule has 0 aromatic heterocycles. The topological polar surface area (TPSA) is 45.0 Å². The third-order valence-electron chi connectivity index (χ3n) is 2.76. The standard InChI is InChI=1S/C16H23FN2O/c1-16(2,3)19-12-13-7-8-15(14(17)11-13)20-10-6-4-5-9-18/h7-8,11,19H,4-6,10,12H2,1-3H3. The van der Waals surface area contributed by atoms with Crippen molar-refractivity contribution in [2.75, 3.05) is 6.61 Å². The zero-order chi connectivity index (χ0) is 15.0. The molecule has 0 unspecified atom stereocenters. The van der Waals surface area contributed by atoms with Crippen LogP contribution in [0.1, 0.15) is 45.6 Å². The molecule has 0 atom stereocenters. The predicted octanol–water partition coefficient (Wildman–Crippen LogP) is 3.79. The Bertz CT molecular complexity index is 461. The highest BCUT2D eigenvalue weighted by Crippen LogP contribution is 2.19. The maximum absolute atomic E-state index is 13.8. The number of nitrogens with one attached hydrogen (secondary N) is 1. The smallest absolute Gasteiger partial charge is 0.165 e. The molecule has 1 aromatic carbocycles. The summed E-state index contributed by atoms with van der Waals surface area (Å²) in [6.45, 7) is 7.29. The molecule has 0 bridgehead atoms. The van der Waals surface area contributed by atoms with Gasteiger partial charge in [0.15, 0.2) is 11.6 Å². The minimum absolute atomic E-state index is 0.00634. The van der Waals surface area contributed by atoms with E-state index in [0.29, 0.717) is 19.6 Å². The number of nitriles is 1. The third kappa shape index (κ3) is 6.53. The third-order valence-corrected chi connectivity index (χ3v) is 2.76. The molecule has 0 radical (unpaired) electrons. The molecule has 0 saturated heterocycles. The number of hydrogen-bond donors (Lipinski definition) is 1. The van der Waals surface area contributed by atoms with Gasteiger partial charge in [-0.1, -0.05) is 6.07 Å². The molecule has 20 heavy (non-hydrogen) atoms. The zero-order valence-corrected chi connectivity index (χ0v) is 12.5. The van der Waals surface area contributed by atoms with Crippen LogP contribution in [0.15, 0.2) is 18.2 Å². The van der Waals surface area contributed by atoms with Crippen molar-refractivity contribution < 1.29 is 9.13 Å². The summed E-state index contributed by atoms with van der Waals surface area (Å²) in [5.41, 5.74) is 0.904. The van der Waals surface area contributed by atoms with Crippen LogP contribution >= 0.6 is 0 Å². The fourth-order valence-electron chi connectivity index (χ4n) is 1.63. The minimum Gasteiger partial charge on any atom is -0.491 e. The summed E-state index contributed by atoms with van der Waals surface area (Å²) in [6.07, 6.45) is 2.06. The SMILES string of the molecule is CC(C)(C)NCc1ccc(OCCCCC#N)c(F)c1. The first kappa shape index (κ1) is 16.5. The highest BCUT2D eigenvalue weighted by Gasteiger charge is 2.10. The van der Waals surface area contributed by atoms with E-state index >= 15 is 0 Å². The van der Waals surface area contributed by atoms with Gasteiger partial charge in [-0.3, -0.25) is 0 Å². The van der Waals surface area contributed by atoms with Crippen molar-refractivity contribution in [3.05, 3.63) is 29.6 Å². The van der Waals surface area contributed by atoms with Crippen molar-refractivity contribution in [3.63, 3.8) is 0 Å². The molecule has 0 aliphatic rings. The first-order valence-electron chi connectivity index (χ1n) is 6.95. The van der Waals surface area contributed by atoms with Gasteiger partial charge in [0, 0.05) is 18.5 Å². The van der Waals surface area contributed by atoms with Gasteiger partial charge in [-0.15, -0.1) is 0 Å². The molecule has 1 rings (SSSR count). The van der Waals surface area contributed by atoms with Gasteiger partial charge in [0.05, 0.1) is 12.7 Å². The highest BCUT2D eigenvalue weighted by molar-refractivity contribution is 5.29. The van der Waals surface area contributed by atoms with E-state index in [2.05, 4.69) is 32.2 Å². The summed E-state index contributed by atoms with van der Waals surface area (Å²) < 4.78 is 19.2. The van der Waals surface area contributed by atoms with E-state index in [1.807, 2.05) is 6.07 Å². The summed E-state index contributed by atoms with van der Waals surface area (Å²) in [4.78, 5) is 0. The molecular formula is C16H23FN2O. The molecule has 0 amide bonds. The molecule has 4 heteroatoms. The Morgan fingerprint density at radius 3 is 2.65 bits per heavy atom. The van der Waals surface area contributed by atoms with Gasteiger partial charge < -0.3 is 10.1 Å². The lowest BCUT2D eigenvalue weighted by Gasteiger charge is -2.20. The van der Waals surface area contributed by atoms with Crippen LogP contribution in [0.4, 0.5) is 4.39 Å². The molecule has 0 aliphatic heterocycles. The molecule has 3 nitrogen and oxygen atoms in total. The van der Waals surface area contributed by atoms with Crippen LogP contribution < -0.4 is 10.1 Å². The Labute approximate surface area is 120 Å². The van der Waals surface area contributed by atoms with Gasteiger partial charge >= 0.3 is 0 Å². The number of halogens is 1. The molecular weight excluding hydrogens is 255 g/mol. The van der Waals surface area contributed by atoms with Crippen molar-refractivity contribution in [2.24, 2.45) is 0 Å². The van der Waals surface area contributed by atoms with E-state index in [9.17, 15) is 4.39 Å². The van der Waals surface area contributed by atoms with E-state index in [-0.39, 0.29) is 17.1 Å². The summed E-state index contributed by atoms with van der Waals surface area (Å²) in [6, 6.07) is 7.11. The van der Waals surface area contributed by atoms with Crippen molar-refractivity contribution in [3.8, 4) is 11.8 Å². The fourth-order valence-corrected chi connectivity index (χ4v) is 1.63. The van der Waals surface area contributed by atoms with Crippen LogP contribution in [-0.2, 0) is 6.54 Å². The molecule has 0 saturated carbocycles. The predicted molar refractivity (Wildman–Crippen MR) is 78.0 cm³/mol. The van der Waals surface area contributed by atoms with Gasteiger partial charge in [0.1, 0.15) is 0 Å². The number of benzene rings is 1. The van der Waals surface area contributed by atoms with Crippen molar-refractivity contribution in [2.45, 2.75) is 52.1 Å². The first-order chi connectivity index (χ1) is 9.42. The lowest BCUT2D eigenvalue weighted by Crippen LogP contribution is -2.35. The monoisotopic (exact) mass is 278 g/mol. The first-order valence-corrected chi connectivity index (χ1v) is 6.95. The Hall–Kier alpha value is -1.60. The minimum atomic E-state index is -0.335. The van der Waals surface area contributed by atoms with Crippen LogP contribution in [0.25, 0.3) is 0 Å². The maximum Gasteiger partial charge on any atom is 0.165 e. The van der Waals surface area contributed by atoms with E-state index in [1.54, 1.807) is 6.07 Å². The fraction of sp³-hybridized carbons (Fsp3) is 0.562. The summed E-state index contributed by atoms with van der Waals surface area (Å²) >= 11 is 0. The maximum atomic E-state index is 13.8. The van der Waals surface area contributed by atoms with E-state index in [4.69, 9.17) is 10.00 Å². The van der Waals surface area contributed by atoms with Gasteiger partial charge in [-0.25, -0.2) is 4.39 Å². The summed E-state index contributed by atoms with van der Waals surface area (Å²) in [5.74, 6) is -0.0556. The van der Waals surface area contributed by atoms with Crippen LogP contribution in [0.2, 0.25) is 0 Å². The number of nitrogens with zero attached hydrogens (tertiary/aromatic N) is 1. The second-order valence-corrected chi connectivity index (χ2v) is 5.83. The lowest BCUT2D eigenvalue weighted by molar-refractivity contribution is 0.292. The van der Waals surface area contributed by atoms with E-state index in [0.717, 1.165) is 18.4 Å². The van der Waals surface area contributed by atoms with Gasteiger partial charge in [0.2, 0.25) is 0 Å². The van der Waals surface area contributed by atoms with Crippen LogP contribution in [-0.4, -0.2) is 12.1 Å². The number of hydrogen-bond acceptors (Lipinski definition) is 3. The molecule has 0 spiro atoms. The molecule has 110 valence electrons. The molecule has 1 N–H and O–H groups in total. The normalized spacial score (nSPS) is 11.2. The van der Waals surface area contributed by atoms with Gasteiger partial charge in [-0.05, 0) is 51.3 Å². The van der Waals surface area contributed by atoms with Gasteiger partial charge in [0.25, 0.3) is 0 Å². The Morgan fingerprint density at radius 2 is 2.05 bits per heavy atom. The highest BCUT2D eigenvalue weighted by atomic mass is 19.1. The quantitative estimate of drug-likeness (QED) is 0.772. The van der Waals surface area contributed by atoms with Crippen LogP contribution in [0, 0.1) is 17.1 Å². The second-order valence-electron chi connectivity index (χ2n) is 5.83. The van der Waals surface area contributed by atoms with Crippen molar-refractivity contribution >= 4 is 0 Å². The van der Waals surface area contributed by atoms with Gasteiger partial charge in [-0.2, -0.15) is 5.26 Å². The largest absolute Gasteiger partial charge is 0.491 e. The molecule has 0 heterocycles. The molecule has 0 aliphatic carbocycles. The summed E-state index contributed by atoms with van der Waals surface area (Å²) in [5, 5.41) is 11.7. The summed E-state index contributed by atoms with van der Waals surface area (Å²) in [7, 11) is 0. The van der Waals surface area contributed by atoms with Crippen molar-refractivity contribution in [1.29, 1.82) is 5.26 Å². The van der Waals surface area contributed by atoms with E-state index < -0.39 is 0 Å². The second kappa shape index (κ2) is 7.86. The zero-order valence-electron chi connectivity index (χ0n) is 12.5. The Morgan fingerprint density at radius 1 is 1.30 bits per heavy atom. The van der Waals surface area contributed by atoms with Crippen LogP contribution in [0.3, 0.4) is 0 Å². The lowest BCUT2D eigenvalue weighted by atomic mass is 10.1.